The number of fused-ring (bicyclic) bond motifs is 4. The van der Waals surface area contributed by atoms with Crippen molar-refractivity contribution in [3.8, 4) is 44.5 Å². The molecule has 10 rings (SSSR count). The van der Waals surface area contributed by atoms with E-state index in [9.17, 15) is 0 Å². The predicted molar refractivity (Wildman–Crippen MR) is 235 cm³/mol. The fourth-order valence-corrected chi connectivity index (χ4v) is 8.00. The van der Waals surface area contributed by atoms with E-state index in [4.69, 9.17) is 0 Å². The zero-order valence-electron chi connectivity index (χ0n) is 30.3. The zero-order chi connectivity index (χ0) is 36.6. The molecule has 258 valence electrons. The Hall–Kier alpha value is -7.22. The maximum Gasteiger partial charge on any atom is 0.0468 e. The molecule has 55 heavy (non-hydrogen) atoms. The van der Waals surface area contributed by atoms with E-state index in [1.54, 1.807) is 0 Å². The van der Waals surface area contributed by atoms with Crippen LogP contribution in [0.5, 0.6) is 0 Å². The molecule has 1 nitrogen and oxygen atoms in total. The van der Waals surface area contributed by atoms with E-state index in [0.29, 0.717) is 0 Å². The quantitative estimate of drug-likeness (QED) is 0.150. The van der Waals surface area contributed by atoms with E-state index in [0.717, 1.165) is 17.1 Å². The second kappa shape index (κ2) is 14.0. The normalized spacial score (nSPS) is 11.3. The molecule has 0 atom stereocenters. The average molecular weight is 700 g/mol. The summed E-state index contributed by atoms with van der Waals surface area (Å²) in [5, 5.41) is 7.50. The molecule has 0 aliphatic carbocycles. The third kappa shape index (κ3) is 6.22. The number of hydrogen-bond donors (Lipinski definition) is 0. The van der Waals surface area contributed by atoms with Crippen molar-refractivity contribution in [2.75, 3.05) is 4.90 Å². The van der Waals surface area contributed by atoms with Gasteiger partial charge in [0.1, 0.15) is 0 Å². The predicted octanol–water partition coefficient (Wildman–Crippen LogP) is 15.3. The molecule has 10 aromatic rings. The first-order chi connectivity index (χ1) is 27.2. The summed E-state index contributed by atoms with van der Waals surface area (Å²) in [6, 6.07) is 81.6. The Morgan fingerprint density at radius 2 is 0.655 bits per heavy atom. The maximum atomic E-state index is 2.38. The van der Waals surface area contributed by atoms with Crippen LogP contribution in [-0.4, -0.2) is 0 Å². The minimum atomic E-state index is 1.10. The Morgan fingerprint density at radius 1 is 0.218 bits per heavy atom. The fourth-order valence-electron chi connectivity index (χ4n) is 8.00. The van der Waals surface area contributed by atoms with Crippen LogP contribution in [0.4, 0.5) is 17.1 Å². The first kappa shape index (κ1) is 32.4. The van der Waals surface area contributed by atoms with Gasteiger partial charge in [-0.15, -0.1) is 0 Å². The summed E-state index contributed by atoms with van der Waals surface area (Å²) in [5.74, 6) is 0. The third-order valence-electron chi connectivity index (χ3n) is 10.8. The Kier molecular flexibility index (Phi) is 8.24. The summed E-state index contributed by atoms with van der Waals surface area (Å²) in [6.07, 6.45) is 0. The van der Waals surface area contributed by atoms with Gasteiger partial charge in [-0.3, -0.25) is 0 Å². The van der Waals surface area contributed by atoms with E-state index in [1.807, 2.05) is 0 Å². The van der Waals surface area contributed by atoms with Gasteiger partial charge >= 0.3 is 0 Å². The van der Waals surface area contributed by atoms with E-state index in [2.05, 4.69) is 229 Å². The molecule has 0 fully saturated rings. The van der Waals surface area contributed by atoms with Crippen LogP contribution in [0.1, 0.15) is 0 Å². The van der Waals surface area contributed by atoms with Crippen LogP contribution in [0.25, 0.3) is 76.8 Å². The van der Waals surface area contributed by atoms with Gasteiger partial charge < -0.3 is 4.90 Å². The minimum Gasteiger partial charge on any atom is -0.310 e. The molecule has 0 spiro atoms. The summed E-state index contributed by atoms with van der Waals surface area (Å²) < 4.78 is 0. The van der Waals surface area contributed by atoms with Gasteiger partial charge in [-0.1, -0.05) is 176 Å². The second-order valence-electron chi connectivity index (χ2n) is 14.2. The molecular weight excluding hydrogens is 663 g/mol. The summed E-state index contributed by atoms with van der Waals surface area (Å²) in [6.45, 7) is 0. The molecule has 0 aliphatic rings. The van der Waals surface area contributed by atoms with Crippen molar-refractivity contribution in [2.45, 2.75) is 0 Å². The zero-order valence-corrected chi connectivity index (χ0v) is 30.3. The van der Waals surface area contributed by atoms with Gasteiger partial charge in [0.2, 0.25) is 0 Å². The highest BCUT2D eigenvalue weighted by molar-refractivity contribution is 6.09. The molecule has 0 saturated heterocycles. The van der Waals surface area contributed by atoms with Crippen molar-refractivity contribution in [2.24, 2.45) is 0 Å². The molecule has 0 saturated carbocycles. The third-order valence-corrected chi connectivity index (χ3v) is 10.8. The van der Waals surface area contributed by atoms with Gasteiger partial charge in [-0.05, 0) is 125 Å². The number of hydrogen-bond acceptors (Lipinski definition) is 1. The summed E-state index contributed by atoms with van der Waals surface area (Å²) in [7, 11) is 0. The van der Waals surface area contributed by atoms with Crippen LogP contribution in [-0.2, 0) is 0 Å². The van der Waals surface area contributed by atoms with Gasteiger partial charge in [0.25, 0.3) is 0 Å². The lowest BCUT2D eigenvalue weighted by Crippen LogP contribution is -2.10. The average Bonchev–Trinajstić information content (AvgIpc) is 3.27. The van der Waals surface area contributed by atoms with Gasteiger partial charge in [-0.25, -0.2) is 0 Å². The largest absolute Gasteiger partial charge is 0.310 e. The highest BCUT2D eigenvalue weighted by Crippen LogP contribution is 2.43. The molecule has 0 radical (unpaired) electrons. The number of rotatable bonds is 7. The van der Waals surface area contributed by atoms with Crippen molar-refractivity contribution >= 4 is 49.4 Å². The Bertz CT molecular complexity index is 2860. The van der Waals surface area contributed by atoms with Crippen LogP contribution in [0, 0.1) is 0 Å². The van der Waals surface area contributed by atoms with Crippen LogP contribution < -0.4 is 4.90 Å². The second-order valence-corrected chi connectivity index (χ2v) is 14.2. The van der Waals surface area contributed by atoms with Crippen LogP contribution >= 0.6 is 0 Å². The molecule has 0 unspecified atom stereocenters. The monoisotopic (exact) mass is 699 g/mol. The lowest BCUT2D eigenvalue weighted by atomic mass is 9.90. The van der Waals surface area contributed by atoms with Gasteiger partial charge in [0.05, 0.1) is 0 Å². The summed E-state index contributed by atoms with van der Waals surface area (Å²) >= 11 is 0. The van der Waals surface area contributed by atoms with E-state index in [-0.39, 0.29) is 0 Å². The molecule has 0 amide bonds. The Morgan fingerprint density at radius 3 is 1.29 bits per heavy atom. The molecule has 0 heterocycles. The first-order valence-corrected chi connectivity index (χ1v) is 18.9. The Labute approximate surface area is 322 Å². The van der Waals surface area contributed by atoms with Crippen molar-refractivity contribution in [3.63, 3.8) is 0 Å². The molecular formula is C54H37N. The molecule has 0 N–H and O–H groups in total. The molecule has 0 aromatic heterocycles. The van der Waals surface area contributed by atoms with Crippen molar-refractivity contribution < 1.29 is 0 Å². The van der Waals surface area contributed by atoms with Gasteiger partial charge in [0.15, 0.2) is 0 Å². The fraction of sp³-hybridized carbons (Fsp3) is 0. The standard InChI is InChI=1S/C54H37N/c1-3-11-38(12-4-1)41-25-29-48(30-26-41)55(49-31-27-42(28-32-49)39-13-5-2-6-14-39)50-33-34-52(54(37-50)46-23-19-40-15-7-8-17-45(40)35-46)47-24-22-44-21-20-43-16-9-10-18-51(43)53(44)36-47/h1-37H. The SMILES string of the molecule is c1ccc(-c2ccc(N(c3ccc(-c4ccccc4)cc3)c3ccc(-c4ccc5ccc6ccccc6c5c4)c(-c4ccc5ccccc5c4)c3)cc2)cc1. The molecule has 0 aliphatic heterocycles. The van der Waals surface area contributed by atoms with E-state index < -0.39 is 0 Å². The molecule has 1 heteroatoms. The number of anilines is 3. The van der Waals surface area contributed by atoms with E-state index in [1.165, 1.54) is 76.8 Å². The van der Waals surface area contributed by atoms with Crippen LogP contribution in [0.15, 0.2) is 224 Å². The topological polar surface area (TPSA) is 3.24 Å². The Balaban J connectivity index is 1.16. The lowest BCUT2D eigenvalue weighted by molar-refractivity contribution is 1.28. The number of nitrogens with zero attached hydrogens (tertiary/aromatic N) is 1. The number of benzene rings is 10. The minimum absolute atomic E-state index is 1.10. The van der Waals surface area contributed by atoms with Crippen molar-refractivity contribution in [1.29, 1.82) is 0 Å². The van der Waals surface area contributed by atoms with Gasteiger partial charge in [-0.2, -0.15) is 0 Å². The van der Waals surface area contributed by atoms with Crippen molar-refractivity contribution in [1.82, 2.24) is 0 Å². The molecule has 0 bridgehead atoms. The first-order valence-electron chi connectivity index (χ1n) is 18.9. The highest BCUT2D eigenvalue weighted by atomic mass is 15.1. The lowest BCUT2D eigenvalue weighted by Gasteiger charge is -2.27. The van der Waals surface area contributed by atoms with Gasteiger partial charge in [0, 0.05) is 17.1 Å². The van der Waals surface area contributed by atoms with Crippen LogP contribution in [0.2, 0.25) is 0 Å². The molecule has 10 aromatic carbocycles. The highest BCUT2D eigenvalue weighted by Gasteiger charge is 2.18. The summed E-state index contributed by atoms with van der Waals surface area (Å²) in [5.41, 5.74) is 12.9. The summed E-state index contributed by atoms with van der Waals surface area (Å²) in [4.78, 5) is 2.38. The van der Waals surface area contributed by atoms with E-state index >= 15 is 0 Å². The smallest absolute Gasteiger partial charge is 0.0468 e. The maximum absolute atomic E-state index is 2.38. The van der Waals surface area contributed by atoms with Crippen molar-refractivity contribution in [3.05, 3.63) is 224 Å². The van der Waals surface area contributed by atoms with Crippen LogP contribution in [0.3, 0.4) is 0 Å².